The fourth-order valence-corrected chi connectivity index (χ4v) is 3.96. The van der Waals surface area contributed by atoms with E-state index >= 15 is 0 Å². The second kappa shape index (κ2) is 8.90. The fraction of sp³-hybridized carbons (Fsp3) is 0.100. The van der Waals surface area contributed by atoms with Gasteiger partial charge in [-0.2, -0.15) is 0 Å². The second-order valence-corrected chi connectivity index (χ2v) is 7.79. The molecule has 0 saturated carbocycles. The number of thiophene rings is 1. The molecule has 0 spiro atoms. The molecule has 1 aromatic heterocycles. The zero-order chi connectivity index (χ0) is 21.1. The van der Waals surface area contributed by atoms with Crippen molar-refractivity contribution in [3.63, 3.8) is 0 Å². The van der Waals surface area contributed by atoms with Crippen LogP contribution in [-0.2, 0) is 11.2 Å². The van der Waals surface area contributed by atoms with Gasteiger partial charge in [-0.3, -0.25) is 4.79 Å². The summed E-state index contributed by atoms with van der Waals surface area (Å²) < 4.78 is 27.8. The van der Waals surface area contributed by atoms with Crippen molar-refractivity contribution in [2.24, 2.45) is 0 Å². The zero-order valence-corrected chi connectivity index (χ0v) is 16.9. The molecule has 1 unspecified atom stereocenters. The summed E-state index contributed by atoms with van der Waals surface area (Å²) in [6, 6.07) is 9.96. The van der Waals surface area contributed by atoms with Gasteiger partial charge in [0.05, 0.1) is 0 Å². The Balaban J connectivity index is 1.82. The number of halogens is 4. The topological polar surface area (TPSA) is 66.4 Å². The summed E-state index contributed by atoms with van der Waals surface area (Å²) in [7, 11) is 0. The first-order valence-corrected chi connectivity index (χ1v) is 9.89. The average molecular weight is 456 g/mol. The molecular formula is C20H13Cl2F2NO3S. The van der Waals surface area contributed by atoms with Crippen molar-refractivity contribution in [1.29, 1.82) is 0 Å². The van der Waals surface area contributed by atoms with Crippen LogP contribution in [0.3, 0.4) is 0 Å². The van der Waals surface area contributed by atoms with Gasteiger partial charge in [-0.1, -0.05) is 35.3 Å². The molecule has 0 aliphatic carbocycles. The highest BCUT2D eigenvalue weighted by Gasteiger charge is 2.25. The van der Waals surface area contributed by atoms with Crippen LogP contribution in [0.4, 0.5) is 13.8 Å². The van der Waals surface area contributed by atoms with Crippen LogP contribution in [0.5, 0.6) is 0 Å². The van der Waals surface area contributed by atoms with Gasteiger partial charge in [-0.05, 0) is 41.5 Å². The molecule has 0 saturated heterocycles. The number of rotatable bonds is 6. The molecule has 1 atom stereocenters. The molecule has 0 radical (unpaired) electrons. The monoisotopic (exact) mass is 455 g/mol. The van der Waals surface area contributed by atoms with Crippen LogP contribution in [0.1, 0.15) is 15.9 Å². The number of alkyl halides is 1. The van der Waals surface area contributed by atoms with Crippen LogP contribution in [0.15, 0.2) is 47.8 Å². The Morgan fingerprint density at radius 3 is 2.48 bits per heavy atom. The number of carbonyl (C=O) groups is 2. The first-order chi connectivity index (χ1) is 13.8. The number of carboxylic acid groups (broad SMARTS) is 1. The van der Waals surface area contributed by atoms with Gasteiger partial charge in [-0.25, -0.2) is 13.6 Å². The Bertz CT molecular complexity index is 1070. The van der Waals surface area contributed by atoms with Gasteiger partial charge in [-0.15, -0.1) is 11.3 Å². The van der Waals surface area contributed by atoms with Gasteiger partial charge in [0.2, 0.25) is 0 Å². The highest BCUT2D eigenvalue weighted by Crippen LogP contribution is 2.36. The lowest BCUT2D eigenvalue weighted by molar-refractivity contribution is -0.120. The van der Waals surface area contributed by atoms with Gasteiger partial charge in [0.15, 0.2) is 6.17 Å². The number of carboxylic acids is 1. The molecule has 0 bridgehead atoms. The van der Waals surface area contributed by atoms with E-state index in [1.165, 1.54) is 6.07 Å². The third kappa shape index (κ3) is 4.93. The number of anilines is 1. The third-order valence-electron chi connectivity index (χ3n) is 4.09. The maximum atomic E-state index is 14.4. The lowest BCUT2D eigenvalue weighted by atomic mass is 10.0. The molecule has 9 heteroatoms. The molecule has 0 aliphatic heterocycles. The van der Waals surface area contributed by atoms with E-state index in [4.69, 9.17) is 23.2 Å². The summed E-state index contributed by atoms with van der Waals surface area (Å²) in [5, 5.41) is 14.1. The number of hydrogen-bond donors (Lipinski definition) is 2. The standard InChI is InChI=1S/C20H13Cl2F2NO3S/c21-12-3-1-10(2-4-12)14-9-29-19(17(14)20(27)28)25-18(26)16(24)8-11-7-13(23)5-6-15(11)22/h1-7,9,16H,8H2,(H,25,26)(H,27,28). The highest BCUT2D eigenvalue weighted by molar-refractivity contribution is 7.15. The van der Waals surface area contributed by atoms with E-state index in [1.807, 2.05) is 0 Å². The van der Waals surface area contributed by atoms with E-state index in [1.54, 1.807) is 29.6 Å². The van der Waals surface area contributed by atoms with Crippen molar-refractivity contribution in [3.05, 3.63) is 74.8 Å². The highest BCUT2D eigenvalue weighted by atomic mass is 35.5. The minimum absolute atomic E-state index is 0.000407. The van der Waals surface area contributed by atoms with E-state index < -0.39 is 30.3 Å². The lowest BCUT2D eigenvalue weighted by Crippen LogP contribution is -2.26. The molecule has 3 aromatic rings. The Morgan fingerprint density at radius 2 is 1.83 bits per heavy atom. The van der Waals surface area contributed by atoms with E-state index in [9.17, 15) is 23.5 Å². The molecule has 1 heterocycles. The van der Waals surface area contributed by atoms with Crippen LogP contribution in [-0.4, -0.2) is 23.2 Å². The van der Waals surface area contributed by atoms with Gasteiger partial charge in [0.1, 0.15) is 16.4 Å². The number of aromatic carboxylic acids is 1. The van der Waals surface area contributed by atoms with Crippen LogP contribution >= 0.6 is 34.5 Å². The normalized spacial score (nSPS) is 11.9. The molecule has 1 amide bonds. The summed E-state index contributed by atoms with van der Waals surface area (Å²) in [5.74, 6) is -2.91. The fourth-order valence-electron chi connectivity index (χ4n) is 2.68. The number of amides is 1. The first-order valence-electron chi connectivity index (χ1n) is 8.26. The smallest absolute Gasteiger partial charge is 0.339 e. The molecule has 0 aliphatic rings. The van der Waals surface area contributed by atoms with E-state index in [0.29, 0.717) is 16.1 Å². The predicted molar refractivity (Wildman–Crippen MR) is 110 cm³/mol. The molecule has 2 N–H and O–H groups in total. The van der Waals surface area contributed by atoms with Crippen molar-refractivity contribution < 1.29 is 23.5 Å². The summed E-state index contributed by atoms with van der Waals surface area (Å²) in [4.78, 5) is 24.0. The predicted octanol–water partition coefficient (Wildman–Crippen LogP) is 6.08. The van der Waals surface area contributed by atoms with Crippen molar-refractivity contribution in [3.8, 4) is 11.1 Å². The SMILES string of the molecule is O=C(O)c1c(-c2ccc(Cl)cc2)csc1NC(=O)C(F)Cc1cc(F)ccc1Cl. The number of benzene rings is 2. The quantitative estimate of drug-likeness (QED) is 0.473. The van der Waals surface area contributed by atoms with Gasteiger partial charge >= 0.3 is 5.97 Å². The Hall–Kier alpha value is -2.48. The molecule has 29 heavy (non-hydrogen) atoms. The van der Waals surface area contributed by atoms with Crippen LogP contribution in [0.25, 0.3) is 11.1 Å². The Kier molecular flexibility index (Phi) is 6.52. The molecule has 4 nitrogen and oxygen atoms in total. The largest absolute Gasteiger partial charge is 0.478 e. The minimum Gasteiger partial charge on any atom is -0.478 e. The maximum absolute atomic E-state index is 14.4. The summed E-state index contributed by atoms with van der Waals surface area (Å²) >= 11 is 12.7. The number of carbonyl (C=O) groups excluding carboxylic acids is 1. The van der Waals surface area contributed by atoms with Crippen molar-refractivity contribution in [2.75, 3.05) is 5.32 Å². The minimum atomic E-state index is -2.04. The molecule has 3 rings (SSSR count). The van der Waals surface area contributed by atoms with E-state index in [-0.39, 0.29) is 21.2 Å². The molecular weight excluding hydrogens is 443 g/mol. The van der Waals surface area contributed by atoms with Crippen molar-refractivity contribution >= 4 is 51.4 Å². The van der Waals surface area contributed by atoms with Crippen LogP contribution < -0.4 is 5.32 Å². The summed E-state index contributed by atoms with van der Waals surface area (Å²) in [5.41, 5.74) is 0.951. The van der Waals surface area contributed by atoms with Crippen molar-refractivity contribution in [2.45, 2.75) is 12.6 Å². The van der Waals surface area contributed by atoms with Crippen LogP contribution in [0.2, 0.25) is 10.0 Å². The van der Waals surface area contributed by atoms with Gasteiger partial charge < -0.3 is 10.4 Å². The Morgan fingerprint density at radius 1 is 1.14 bits per heavy atom. The number of hydrogen-bond acceptors (Lipinski definition) is 3. The van der Waals surface area contributed by atoms with Gasteiger partial charge in [0.25, 0.3) is 5.91 Å². The molecule has 2 aromatic carbocycles. The summed E-state index contributed by atoms with van der Waals surface area (Å²) in [6.07, 6.45) is -2.49. The van der Waals surface area contributed by atoms with E-state index in [0.717, 1.165) is 23.5 Å². The molecule has 0 fully saturated rings. The van der Waals surface area contributed by atoms with Gasteiger partial charge in [0, 0.05) is 27.4 Å². The third-order valence-corrected chi connectivity index (χ3v) is 5.60. The number of nitrogens with one attached hydrogen (secondary N) is 1. The lowest BCUT2D eigenvalue weighted by Gasteiger charge is -2.11. The van der Waals surface area contributed by atoms with E-state index in [2.05, 4.69) is 5.32 Å². The molecule has 150 valence electrons. The summed E-state index contributed by atoms with van der Waals surface area (Å²) in [6.45, 7) is 0. The zero-order valence-electron chi connectivity index (χ0n) is 14.6. The first kappa shape index (κ1) is 21.2. The Labute approximate surface area is 178 Å². The second-order valence-electron chi connectivity index (χ2n) is 6.06. The maximum Gasteiger partial charge on any atom is 0.339 e. The van der Waals surface area contributed by atoms with Crippen LogP contribution in [0, 0.1) is 5.82 Å². The van der Waals surface area contributed by atoms with Crippen molar-refractivity contribution in [1.82, 2.24) is 0 Å². The average Bonchev–Trinajstić information content (AvgIpc) is 3.09.